The highest BCUT2D eigenvalue weighted by molar-refractivity contribution is 7.71. The predicted octanol–water partition coefficient (Wildman–Crippen LogP) is 5.98. The summed E-state index contributed by atoms with van der Waals surface area (Å²) < 4.78 is 14.0. The molecule has 0 spiro atoms. The minimum absolute atomic E-state index is 0.422. The Balaban J connectivity index is 1.54. The van der Waals surface area contributed by atoms with Crippen LogP contribution < -0.4 is 14.9 Å². The van der Waals surface area contributed by atoms with Crippen LogP contribution in [0.3, 0.4) is 0 Å². The molecule has 2 N–H and O–H groups in total. The van der Waals surface area contributed by atoms with Gasteiger partial charge in [-0.2, -0.15) is 5.10 Å². The van der Waals surface area contributed by atoms with Crippen molar-refractivity contribution >= 4 is 23.8 Å². The maximum absolute atomic E-state index is 6.59. The highest BCUT2D eigenvalue weighted by Crippen LogP contribution is 2.34. The molecule has 0 saturated carbocycles. The fourth-order valence-electron chi connectivity index (χ4n) is 3.22. The summed E-state index contributed by atoms with van der Waals surface area (Å²) in [6, 6.07) is 23.5. The summed E-state index contributed by atoms with van der Waals surface area (Å²) in [6.07, 6.45) is 0. The van der Waals surface area contributed by atoms with E-state index >= 15 is 0 Å². The molecule has 4 aromatic rings. The largest absolute Gasteiger partial charge is 0.490 e. The minimum Gasteiger partial charge on any atom is -0.490 e. The Morgan fingerprint density at radius 2 is 1.69 bits per heavy atom. The molecule has 8 heteroatoms. The van der Waals surface area contributed by atoms with E-state index in [-0.39, 0.29) is 0 Å². The maximum Gasteiger partial charge on any atom is 0.214 e. The number of ether oxygens (including phenoxy) is 2. The number of aromatic nitrogens is 3. The number of nitrogens with one attached hydrogen (secondary N) is 2. The van der Waals surface area contributed by atoms with Crippen LogP contribution in [0.1, 0.15) is 18.1 Å². The molecule has 0 aliphatic carbocycles. The molecular weight excluding hydrogens is 444 g/mol. The molecule has 0 amide bonds. The molecule has 0 aliphatic rings. The van der Waals surface area contributed by atoms with Crippen molar-refractivity contribution in [3.8, 4) is 22.9 Å². The topological polar surface area (TPSA) is 64.1 Å². The first-order valence-corrected chi connectivity index (χ1v) is 11.0. The Morgan fingerprint density at radius 1 is 1.00 bits per heavy atom. The van der Waals surface area contributed by atoms with Crippen molar-refractivity contribution in [1.82, 2.24) is 14.9 Å². The molecule has 32 heavy (non-hydrogen) atoms. The summed E-state index contributed by atoms with van der Waals surface area (Å²) in [5, 5.41) is 7.75. The van der Waals surface area contributed by atoms with Crippen LogP contribution in [0.5, 0.6) is 11.5 Å². The van der Waals surface area contributed by atoms with Crippen LogP contribution >= 0.6 is 23.8 Å². The number of nitrogens with zero attached hydrogens (tertiary/aromatic N) is 2. The van der Waals surface area contributed by atoms with E-state index in [0.717, 1.165) is 16.7 Å². The molecule has 0 radical (unpaired) electrons. The molecule has 6 nitrogen and oxygen atoms in total. The van der Waals surface area contributed by atoms with Gasteiger partial charge in [0.2, 0.25) is 4.77 Å². The van der Waals surface area contributed by atoms with Gasteiger partial charge in [0.25, 0.3) is 0 Å². The van der Waals surface area contributed by atoms with Gasteiger partial charge < -0.3 is 14.9 Å². The second-order valence-electron chi connectivity index (χ2n) is 6.99. The summed E-state index contributed by atoms with van der Waals surface area (Å²) in [7, 11) is 0. The number of rotatable bonds is 9. The highest BCUT2D eigenvalue weighted by atomic mass is 35.5. The van der Waals surface area contributed by atoms with E-state index in [1.54, 1.807) is 10.7 Å². The van der Waals surface area contributed by atoms with Crippen LogP contribution in [0.25, 0.3) is 11.4 Å². The first-order valence-electron chi connectivity index (χ1n) is 10.2. The third-order valence-corrected chi connectivity index (χ3v) is 5.41. The van der Waals surface area contributed by atoms with E-state index < -0.39 is 0 Å². The van der Waals surface area contributed by atoms with Crippen molar-refractivity contribution in [3.05, 3.63) is 93.7 Å². The van der Waals surface area contributed by atoms with E-state index in [9.17, 15) is 0 Å². The zero-order valence-electron chi connectivity index (χ0n) is 17.5. The Hall–Kier alpha value is -3.29. The molecule has 0 unspecified atom stereocenters. The second kappa shape index (κ2) is 10.3. The summed E-state index contributed by atoms with van der Waals surface area (Å²) in [5.41, 5.74) is 6.16. The van der Waals surface area contributed by atoms with Gasteiger partial charge in [-0.3, -0.25) is 0 Å². The monoisotopic (exact) mass is 466 g/mol. The van der Waals surface area contributed by atoms with Gasteiger partial charge in [-0.05, 0) is 36.3 Å². The number of hydrogen-bond acceptors (Lipinski definition) is 5. The van der Waals surface area contributed by atoms with E-state index in [1.165, 1.54) is 0 Å². The Morgan fingerprint density at radius 3 is 2.41 bits per heavy atom. The van der Waals surface area contributed by atoms with Crippen molar-refractivity contribution in [1.29, 1.82) is 0 Å². The van der Waals surface area contributed by atoms with E-state index in [0.29, 0.717) is 46.9 Å². The molecule has 0 bridgehead atoms. The SMILES string of the molecule is CCOc1cc(CNn2c(-c3ccccc3)n[nH]c2=S)c(Cl)cc1OCc1ccccc1. The average Bonchev–Trinajstić information content (AvgIpc) is 3.19. The van der Waals surface area contributed by atoms with E-state index in [2.05, 4.69) is 15.6 Å². The first kappa shape index (κ1) is 21.9. The van der Waals surface area contributed by atoms with Crippen LogP contribution in [0.4, 0.5) is 0 Å². The van der Waals surface area contributed by atoms with Crippen LogP contribution in [-0.4, -0.2) is 21.5 Å². The van der Waals surface area contributed by atoms with Gasteiger partial charge in [0.15, 0.2) is 17.3 Å². The summed E-state index contributed by atoms with van der Waals surface area (Å²) in [6.45, 7) is 3.30. The molecule has 0 saturated heterocycles. The van der Waals surface area contributed by atoms with Gasteiger partial charge in [-0.25, -0.2) is 9.77 Å². The van der Waals surface area contributed by atoms with Crippen molar-refractivity contribution < 1.29 is 9.47 Å². The third kappa shape index (κ3) is 5.12. The molecule has 0 fully saturated rings. The van der Waals surface area contributed by atoms with E-state index in [1.807, 2.05) is 73.7 Å². The van der Waals surface area contributed by atoms with Crippen LogP contribution in [-0.2, 0) is 13.2 Å². The number of H-pyrrole nitrogens is 1. The first-order chi connectivity index (χ1) is 15.7. The summed E-state index contributed by atoms with van der Waals surface area (Å²) in [4.78, 5) is 0. The Labute approximate surface area is 196 Å². The maximum atomic E-state index is 6.59. The standard InChI is InChI=1S/C24H23ClN4O2S/c1-2-30-21-13-19(20(25)14-22(21)31-16-17-9-5-3-6-10-17)15-26-29-23(27-28-24(29)32)18-11-7-4-8-12-18/h3-14,26H,2,15-16H2,1H3,(H,28,32). The van der Waals surface area contributed by atoms with Crippen molar-refractivity contribution in [3.63, 3.8) is 0 Å². The second-order valence-corrected chi connectivity index (χ2v) is 7.78. The zero-order valence-corrected chi connectivity index (χ0v) is 19.1. The molecule has 1 aromatic heterocycles. The lowest BCUT2D eigenvalue weighted by atomic mass is 10.2. The van der Waals surface area contributed by atoms with Crippen LogP contribution in [0, 0.1) is 4.77 Å². The quantitative estimate of drug-likeness (QED) is 0.297. The minimum atomic E-state index is 0.422. The van der Waals surface area contributed by atoms with Crippen LogP contribution in [0.15, 0.2) is 72.8 Å². The lowest BCUT2D eigenvalue weighted by molar-refractivity contribution is 0.269. The summed E-state index contributed by atoms with van der Waals surface area (Å²) >= 11 is 12.0. The highest BCUT2D eigenvalue weighted by Gasteiger charge is 2.13. The fraction of sp³-hybridized carbons (Fsp3) is 0.167. The van der Waals surface area contributed by atoms with Gasteiger partial charge >= 0.3 is 0 Å². The number of hydrogen-bond donors (Lipinski definition) is 2. The Bertz CT molecular complexity index is 1230. The van der Waals surface area contributed by atoms with Crippen molar-refractivity contribution in [2.75, 3.05) is 12.0 Å². The molecule has 164 valence electrons. The lowest BCUT2D eigenvalue weighted by Crippen LogP contribution is -2.16. The Kier molecular flexibility index (Phi) is 7.09. The van der Waals surface area contributed by atoms with Crippen molar-refractivity contribution in [2.45, 2.75) is 20.1 Å². The predicted molar refractivity (Wildman–Crippen MR) is 129 cm³/mol. The fourth-order valence-corrected chi connectivity index (χ4v) is 3.64. The molecule has 0 aliphatic heterocycles. The molecular formula is C24H23ClN4O2S. The zero-order chi connectivity index (χ0) is 22.3. The van der Waals surface area contributed by atoms with Gasteiger partial charge in [0, 0.05) is 16.7 Å². The molecule has 4 rings (SSSR count). The molecule has 0 atom stereocenters. The smallest absolute Gasteiger partial charge is 0.214 e. The third-order valence-electron chi connectivity index (χ3n) is 4.78. The molecule has 1 heterocycles. The normalized spacial score (nSPS) is 10.7. The van der Waals surface area contributed by atoms with Crippen LogP contribution in [0.2, 0.25) is 5.02 Å². The van der Waals surface area contributed by atoms with Gasteiger partial charge in [0.1, 0.15) is 6.61 Å². The van der Waals surface area contributed by atoms with Gasteiger partial charge in [0.05, 0.1) is 13.2 Å². The summed E-state index contributed by atoms with van der Waals surface area (Å²) in [5.74, 6) is 1.94. The number of benzene rings is 3. The lowest BCUT2D eigenvalue weighted by Gasteiger charge is -2.16. The van der Waals surface area contributed by atoms with Gasteiger partial charge in [-0.15, -0.1) is 0 Å². The van der Waals surface area contributed by atoms with Crippen molar-refractivity contribution in [2.24, 2.45) is 0 Å². The average molecular weight is 467 g/mol. The number of aromatic amines is 1. The molecule has 3 aromatic carbocycles. The number of halogens is 1. The van der Waals surface area contributed by atoms with E-state index in [4.69, 9.17) is 33.3 Å². The van der Waals surface area contributed by atoms with Gasteiger partial charge in [-0.1, -0.05) is 72.3 Å².